The topological polar surface area (TPSA) is 96.5 Å². The van der Waals surface area contributed by atoms with Crippen molar-refractivity contribution in [2.45, 2.75) is 58.0 Å². The Morgan fingerprint density at radius 2 is 2.23 bits per heavy atom. The molecular weight excluding hydrogens is 414 g/mol. The highest BCUT2D eigenvalue weighted by atomic mass is 32.1. The minimum absolute atomic E-state index is 0.0853. The van der Waals surface area contributed by atoms with E-state index in [2.05, 4.69) is 33.8 Å². The maximum absolute atomic E-state index is 12.5. The molecule has 0 saturated carbocycles. The molecule has 0 spiro atoms. The first-order valence-corrected chi connectivity index (χ1v) is 11.5. The molecule has 2 heterocycles. The van der Waals surface area contributed by atoms with Gasteiger partial charge in [0.2, 0.25) is 16.9 Å². The molecule has 1 unspecified atom stereocenters. The van der Waals surface area contributed by atoms with Crippen molar-refractivity contribution in [1.29, 1.82) is 0 Å². The number of rotatable bonds is 9. The number of hydrogen-bond acceptors (Lipinski definition) is 7. The van der Waals surface area contributed by atoms with Crippen molar-refractivity contribution in [1.82, 2.24) is 20.0 Å². The second-order valence-corrected chi connectivity index (χ2v) is 8.70. The molecule has 8 nitrogen and oxygen atoms in total. The highest BCUT2D eigenvalue weighted by Crippen LogP contribution is 2.22. The fourth-order valence-corrected chi connectivity index (χ4v) is 4.38. The van der Waals surface area contributed by atoms with Gasteiger partial charge in [-0.2, -0.15) is 4.37 Å². The smallest absolute Gasteiger partial charge is 0.242 e. The molecule has 1 aliphatic heterocycles. The van der Waals surface area contributed by atoms with E-state index in [1.54, 1.807) is 7.11 Å². The van der Waals surface area contributed by atoms with Gasteiger partial charge in [0.25, 0.3) is 0 Å². The number of benzene rings is 1. The van der Waals surface area contributed by atoms with Gasteiger partial charge in [0.05, 0.1) is 7.11 Å². The van der Waals surface area contributed by atoms with E-state index in [0.29, 0.717) is 32.4 Å². The number of amides is 2. The quantitative estimate of drug-likeness (QED) is 0.616. The lowest BCUT2D eigenvalue weighted by atomic mass is 10.1. The SMILES string of the molecule is COc1cccc(Cc2nsc(N(CCC(=O)NC3CCCCNC3=O)C(C)C)n2)c1. The van der Waals surface area contributed by atoms with E-state index in [1.807, 2.05) is 24.3 Å². The number of carbonyl (C=O) groups excluding carboxylic acids is 2. The van der Waals surface area contributed by atoms with E-state index in [0.717, 1.165) is 35.1 Å². The summed E-state index contributed by atoms with van der Waals surface area (Å²) in [5.41, 5.74) is 1.08. The van der Waals surface area contributed by atoms with Crippen LogP contribution in [0.4, 0.5) is 5.13 Å². The monoisotopic (exact) mass is 445 g/mol. The molecule has 1 aromatic carbocycles. The Balaban J connectivity index is 1.58. The van der Waals surface area contributed by atoms with E-state index in [-0.39, 0.29) is 17.9 Å². The van der Waals surface area contributed by atoms with Crippen LogP contribution in [0.25, 0.3) is 0 Å². The molecular formula is C22H31N5O3S. The molecule has 1 atom stereocenters. The highest BCUT2D eigenvalue weighted by Gasteiger charge is 2.23. The summed E-state index contributed by atoms with van der Waals surface area (Å²) >= 11 is 1.34. The molecule has 0 radical (unpaired) electrons. The van der Waals surface area contributed by atoms with Gasteiger partial charge in [-0.25, -0.2) is 4.98 Å². The van der Waals surface area contributed by atoms with Crippen molar-refractivity contribution >= 4 is 28.5 Å². The molecule has 2 amide bonds. The van der Waals surface area contributed by atoms with Gasteiger partial charge < -0.3 is 20.3 Å². The molecule has 9 heteroatoms. The van der Waals surface area contributed by atoms with Crippen LogP contribution < -0.4 is 20.3 Å². The first-order valence-electron chi connectivity index (χ1n) is 10.8. The van der Waals surface area contributed by atoms with Crippen LogP contribution in [0.5, 0.6) is 5.75 Å². The second kappa shape index (κ2) is 11.1. The molecule has 31 heavy (non-hydrogen) atoms. The summed E-state index contributed by atoms with van der Waals surface area (Å²) in [6, 6.07) is 7.61. The van der Waals surface area contributed by atoms with Gasteiger partial charge in [-0.15, -0.1) is 0 Å². The fourth-order valence-electron chi connectivity index (χ4n) is 3.54. The summed E-state index contributed by atoms with van der Waals surface area (Å²) in [4.78, 5) is 31.3. The van der Waals surface area contributed by atoms with Crippen LogP contribution in [0.2, 0.25) is 0 Å². The molecule has 0 aliphatic carbocycles. The van der Waals surface area contributed by atoms with Crippen LogP contribution >= 0.6 is 11.5 Å². The molecule has 1 aromatic heterocycles. The predicted molar refractivity (Wildman–Crippen MR) is 122 cm³/mol. The molecule has 0 bridgehead atoms. The summed E-state index contributed by atoms with van der Waals surface area (Å²) in [6.45, 7) is 5.34. The van der Waals surface area contributed by atoms with Crippen molar-refractivity contribution in [2.75, 3.05) is 25.1 Å². The van der Waals surface area contributed by atoms with Crippen molar-refractivity contribution in [3.05, 3.63) is 35.7 Å². The van der Waals surface area contributed by atoms with Gasteiger partial charge in [0.1, 0.15) is 17.6 Å². The van der Waals surface area contributed by atoms with Crippen LogP contribution in [0.1, 0.15) is 50.9 Å². The Morgan fingerprint density at radius 3 is 3.00 bits per heavy atom. The number of ether oxygens (including phenoxy) is 1. The van der Waals surface area contributed by atoms with Crippen molar-refractivity contribution in [3.8, 4) is 5.75 Å². The number of nitrogens with zero attached hydrogens (tertiary/aromatic N) is 3. The Labute approximate surface area is 187 Å². The van der Waals surface area contributed by atoms with Gasteiger partial charge in [0, 0.05) is 43.5 Å². The van der Waals surface area contributed by atoms with Crippen molar-refractivity contribution < 1.29 is 14.3 Å². The average Bonchev–Trinajstić information content (AvgIpc) is 3.10. The van der Waals surface area contributed by atoms with Crippen LogP contribution in [-0.4, -0.2) is 53.5 Å². The van der Waals surface area contributed by atoms with Crippen LogP contribution in [0, 0.1) is 0 Å². The largest absolute Gasteiger partial charge is 0.497 e. The number of nitrogens with one attached hydrogen (secondary N) is 2. The zero-order valence-corrected chi connectivity index (χ0v) is 19.2. The van der Waals surface area contributed by atoms with Crippen molar-refractivity contribution in [3.63, 3.8) is 0 Å². The fraction of sp³-hybridized carbons (Fsp3) is 0.545. The van der Waals surface area contributed by atoms with Crippen LogP contribution in [0.15, 0.2) is 24.3 Å². The Bertz CT molecular complexity index is 886. The van der Waals surface area contributed by atoms with Gasteiger partial charge in [-0.3, -0.25) is 9.59 Å². The third-order valence-electron chi connectivity index (χ3n) is 5.27. The Hall–Kier alpha value is -2.68. The number of aromatic nitrogens is 2. The summed E-state index contributed by atoms with van der Waals surface area (Å²) < 4.78 is 9.79. The second-order valence-electron chi connectivity index (χ2n) is 7.97. The Morgan fingerprint density at radius 1 is 1.39 bits per heavy atom. The number of anilines is 1. The first kappa shape index (κ1) is 23.0. The summed E-state index contributed by atoms with van der Waals surface area (Å²) in [5, 5.41) is 6.53. The zero-order chi connectivity index (χ0) is 22.2. The first-order chi connectivity index (χ1) is 15.0. The molecule has 1 aliphatic rings. The van der Waals surface area contributed by atoms with Crippen LogP contribution in [-0.2, 0) is 16.0 Å². The van der Waals surface area contributed by atoms with Gasteiger partial charge in [0.15, 0.2) is 0 Å². The maximum Gasteiger partial charge on any atom is 0.242 e. The molecule has 168 valence electrons. The summed E-state index contributed by atoms with van der Waals surface area (Å²) in [5.74, 6) is 1.36. The highest BCUT2D eigenvalue weighted by molar-refractivity contribution is 7.09. The van der Waals surface area contributed by atoms with E-state index >= 15 is 0 Å². The summed E-state index contributed by atoms with van der Waals surface area (Å²) in [7, 11) is 1.65. The molecule has 3 rings (SSSR count). The normalized spacial score (nSPS) is 16.5. The zero-order valence-electron chi connectivity index (χ0n) is 18.4. The summed E-state index contributed by atoms with van der Waals surface area (Å²) in [6.07, 6.45) is 3.50. The minimum atomic E-state index is -0.432. The average molecular weight is 446 g/mol. The van der Waals surface area contributed by atoms with Crippen LogP contribution in [0.3, 0.4) is 0 Å². The number of hydrogen-bond donors (Lipinski definition) is 2. The lowest BCUT2D eigenvalue weighted by molar-refractivity contribution is -0.128. The van der Waals surface area contributed by atoms with Gasteiger partial charge in [-0.05, 0) is 50.8 Å². The molecule has 2 aromatic rings. The minimum Gasteiger partial charge on any atom is -0.497 e. The van der Waals surface area contributed by atoms with Gasteiger partial charge >= 0.3 is 0 Å². The standard InChI is InChI=1S/C22H31N5O3S/c1-15(2)27(12-10-20(28)24-18-9-4-5-11-23-21(18)29)22-25-19(26-31-22)14-16-7-6-8-17(13-16)30-3/h6-8,13,15,18H,4-5,9-12,14H2,1-3H3,(H,23,29)(H,24,28). The third-order valence-corrected chi connectivity index (χ3v) is 6.06. The third kappa shape index (κ3) is 6.65. The lowest BCUT2D eigenvalue weighted by Crippen LogP contribution is -2.46. The molecule has 1 fully saturated rings. The number of methoxy groups -OCH3 is 1. The van der Waals surface area contributed by atoms with E-state index in [1.165, 1.54) is 11.5 Å². The maximum atomic E-state index is 12.5. The predicted octanol–water partition coefficient (Wildman–Crippen LogP) is 2.53. The van der Waals surface area contributed by atoms with E-state index < -0.39 is 6.04 Å². The molecule has 2 N–H and O–H groups in total. The van der Waals surface area contributed by atoms with Gasteiger partial charge in [-0.1, -0.05) is 12.1 Å². The number of carbonyl (C=O) groups is 2. The van der Waals surface area contributed by atoms with Crippen molar-refractivity contribution in [2.24, 2.45) is 0 Å². The molecule has 1 saturated heterocycles. The Kier molecular flexibility index (Phi) is 8.22. The van der Waals surface area contributed by atoms with E-state index in [4.69, 9.17) is 9.72 Å². The van der Waals surface area contributed by atoms with E-state index in [9.17, 15) is 9.59 Å². The lowest BCUT2D eigenvalue weighted by Gasteiger charge is -2.25.